The minimum atomic E-state index is -0.696. The molecule has 11 rings (SSSR count). The van der Waals surface area contributed by atoms with Crippen LogP contribution < -0.4 is 53.0 Å². The molecular weight excluding hydrogens is 1040 g/mol. The van der Waals surface area contributed by atoms with Crippen molar-refractivity contribution in [3.05, 3.63) is 303 Å². The van der Waals surface area contributed by atoms with Crippen LogP contribution >= 0.6 is 39.6 Å². The smallest absolute Gasteiger partial charge is 0.0195 e. The van der Waals surface area contributed by atoms with Gasteiger partial charge in [-0.3, -0.25) is 0 Å². The Morgan fingerprint density at radius 3 is 0.620 bits per heavy atom. The molecule has 1 aliphatic rings. The lowest BCUT2D eigenvalue weighted by Gasteiger charge is -2.37. The van der Waals surface area contributed by atoms with E-state index in [1.54, 1.807) is 0 Å². The van der Waals surface area contributed by atoms with Gasteiger partial charge in [-0.2, -0.15) is 0 Å². The zero-order valence-corrected chi connectivity index (χ0v) is 50.0. The molecule has 79 heavy (non-hydrogen) atoms. The molecule has 1 fully saturated rings. The van der Waals surface area contributed by atoms with Gasteiger partial charge in [0.15, 0.2) is 0 Å². The molecule has 5 heteroatoms. The predicted octanol–water partition coefficient (Wildman–Crippen LogP) is 15.2. The van der Waals surface area contributed by atoms with Crippen LogP contribution in [-0.4, -0.2) is 30.8 Å². The van der Waals surface area contributed by atoms with Crippen molar-refractivity contribution in [2.24, 2.45) is 35.5 Å². The first-order valence-corrected chi connectivity index (χ1v) is 36.2. The molecule has 0 aliphatic heterocycles. The summed E-state index contributed by atoms with van der Waals surface area (Å²) in [6.07, 6.45) is 8.36. The van der Waals surface area contributed by atoms with E-state index in [9.17, 15) is 0 Å². The molecule has 394 valence electrons. The van der Waals surface area contributed by atoms with Crippen molar-refractivity contribution in [1.82, 2.24) is 0 Å². The van der Waals surface area contributed by atoms with Crippen LogP contribution in [0.5, 0.6) is 0 Å². The van der Waals surface area contributed by atoms with Crippen molar-refractivity contribution in [3.63, 3.8) is 0 Å². The number of hydrogen-bond donors (Lipinski definition) is 0. The third kappa shape index (κ3) is 13.9. The lowest BCUT2D eigenvalue weighted by atomic mass is 9.77. The van der Waals surface area contributed by atoms with Gasteiger partial charge in [0.05, 0.1) is 0 Å². The summed E-state index contributed by atoms with van der Waals surface area (Å²) in [5.41, 5.74) is 0. The molecule has 0 bridgehead atoms. The zero-order valence-electron chi connectivity index (χ0n) is 45.5. The molecule has 2 unspecified atom stereocenters. The van der Waals surface area contributed by atoms with Gasteiger partial charge in [0.2, 0.25) is 0 Å². The average molecular weight is 1120 g/mol. The first-order chi connectivity index (χ1) is 39.2. The van der Waals surface area contributed by atoms with Gasteiger partial charge >= 0.3 is 0 Å². The summed E-state index contributed by atoms with van der Waals surface area (Å²) in [5.74, 6) is 2.96. The van der Waals surface area contributed by atoms with Gasteiger partial charge < -0.3 is 0 Å². The Kier molecular flexibility index (Phi) is 19.7. The van der Waals surface area contributed by atoms with Gasteiger partial charge in [0.1, 0.15) is 0 Å². The summed E-state index contributed by atoms with van der Waals surface area (Å²) >= 11 is 0. The van der Waals surface area contributed by atoms with Gasteiger partial charge in [0, 0.05) is 0 Å². The van der Waals surface area contributed by atoms with Gasteiger partial charge in [0.25, 0.3) is 0 Å². The second kappa shape index (κ2) is 28.2. The summed E-state index contributed by atoms with van der Waals surface area (Å²) in [6, 6.07) is 117. The summed E-state index contributed by atoms with van der Waals surface area (Å²) < 4.78 is 0. The Bertz CT molecular complexity index is 2930. The highest BCUT2D eigenvalue weighted by Gasteiger charge is 2.54. The molecule has 6 atom stereocenters. The summed E-state index contributed by atoms with van der Waals surface area (Å²) in [4.78, 5) is 0. The Morgan fingerprint density at radius 2 is 0.418 bits per heavy atom. The van der Waals surface area contributed by atoms with E-state index in [0.717, 1.165) is 0 Å². The highest BCUT2D eigenvalue weighted by molar-refractivity contribution is 7.74. The SMILES string of the molecule is CC(CCCP(c1ccccc1)c1ccccc1)C1[C@@H](CP(c2ccccc2)c2ccccc2)[C@@H](CP(c2ccccc2)c2ccccc2)[C@@H](CP(c2ccccc2)c2ccccc2)[C@H]1CP(c1ccccc1)c1ccccc1. The average Bonchev–Trinajstić information content (AvgIpc) is 3.99. The van der Waals surface area contributed by atoms with Crippen LogP contribution in [0, 0.1) is 35.5 Å². The quantitative estimate of drug-likeness (QED) is 0.0560. The summed E-state index contributed by atoms with van der Waals surface area (Å²) in [7, 11) is -3.27. The molecule has 1 saturated carbocycles. The molecule has 10 aromatic carbocycles. The highest BCUT2D eigenvalue weighted by atomic mass is 31.1. The summed E-state index contributed by atoms with van der Waals surface area (Å²) in [6.45, 7) is 2.73. The van der Waals surface area contributed by atoms with Crippen LogP contribution in [0.4, 0.5) is 0 Å². The monoisotopic (exact) mass is 1120 g/mol. The second-order valence-electron chi connectivity index (χ2n) is 21.3. The fourth-order valence-corrected chi connectivity index (χ4v) is 26.3. The van der Waals surface area contributed by atoms with Crippen LogP contribution in [-0.2, 0) is 0 Å². The minimum absolute atomic E-state index is 0.480. The maximum atomic E-state index is 2.73. The standard InChI is InChI=1S/C74H73P5/c1-59(33-32-54-75(60-34-12-2-13-35-60)61-36-14-3-15-37-61)74-72(57-78(66-46-24-8-25-47-66)67-48-26-9-27-49-67)70(55-76(62-38-16-4-17-39-62)63-40-18-5-19-41-63)71(56-77(64-42-20-6-21-43-64)65-44-22-7-23-45-65)73(74)58-79(68-50-28-10-29-51-68)69-52-30-11-31-53-69/h2-31,34-53,59,70-74H,32-33,54-58H2,1H3/t59?,70-,71+,72-,73+,74?. The largest absolute Gasteiger partial charge is 0.0622 e. The number of hydrogen-bond acceptors (Lipinski definition) is 0. The van der Waals surface area contributed by atoms with E-state index >= 15 is 0 Å². The Morgan fingerprint density at radius 1 is 0.241 bits per heavy atom. The predicted molar refractivity (Wildman–Crippen MR) is 356 cm³/mol. The molecule has 0 aromatic heterocycles. The van der Waals surface area contributed by atoms with Crippen molar-refractivity contribution >= 4 is 92.7 Å². The van der Waals surface area contributed by atoms with E-state index in [4.69, 9.17) is 0 Å². The lowest BCUT2D eigenvalue weighted by molar-refractivity contribution is 0.217. The minimum Gasteiger partial charge on any atom is -0.0622 e. The summed E-state index contributed by atoms with van der Waals surface area (Å²) in [5, 5.41) is 15.0. The van der Waals surface area contributed by atoms with Crippen molar-refractivity contribution in [2.75, 3.05) is 30.8 Å². The third-order valence-corrected chi connectivity index (χ3v) is 29.7. The molecule has 0 N–H and O–H groups in total. The maximum Gasteiger partial charge on any atom is -0.0195 e. The number of benzene rings is 10. The van der Waals surface area contributed by atoms with Gasteiger partial charge in [-0.25, -0.2) is 0 Å². The zero-order chi connectivity index (χ0) is 53.4. The normalized spacial score (nSPS) is 17.7. The van der Waals surface area contributed by atoms with E-state index in [-0.39, 0.29) is 0 Å². The molecular formula is C74H73P5. The van der Waals surface area contributed by atoms with Crippen molar-refractivity contribution < 1.29 is 0 Å². The molecule has 0 spiro atoms. The van der Waals surface area contributed by atoms with Crippen molar-refractivity contribution in [1.29, 1.82) is 0 Å². The van der Waals surface area contributed by atoms with E-state index in [2.05, 4.69) is 310 Å². The molecule has 10 aromatic rings. The fourth-order valence-electron chi connectivity index (χ4n) is 13.0. The van der Waals surface area contributed by atoms with E-state index < -0.39 is 39.6 Å². The Labute approximate surface area is 479 Å². The topological polar surface area (TPSA) is 0 Å². The lowest BCUT2D eigenvalue weighted by Crippen LogP contribution is -2.32. The van der Waals surface area contributed by atoms with Crippen LogP contribution in [0.15, 0.2) is 303 Å². The Hall–Kier alpha value is -5.65. The molecule has 1 aliphatic carbocycles. The van der Waals surface area contributed by atoms with Crippen molar-refractivity contribution in [3.8, 4) is 0 Å². The van der Waals surface area contributed by atoms with Crippen LogP contribution in [0.1, 0.15) is 19.8 Å². The Balaban J connectivity index is 1.12. The first kappa shape index (κ1) is 55.3. The highest BCUT2D eigenvalue weighted by Crippen LogP contribution is 2.62. The van der Waals surface area contributed by atoms with Gasteiger partial charge in [-0.15, -0.1) is 0 Å². The van der Waals surface area contributed by atoms with E-state index in [0.29, 0.717) is 35.5 Å². The molecule has 0 radical (unpaired) electrons. The first-order valence-electron chi connectivity index (χ1n) is 28.5. The molecule has 0 heterocycles. The molecule has 0 nitrogen and oxygen atoms in total. The maximum absolute atomic E-state index is 2.73. The number of rotatable bonds is 23. The van der Waals surface area contributed by atoms with E-state index in [1.165, 1.54) is 96.7 Å². The van der Waals surface area contributed by atoms with E-state index in [1.807, 2.05) is 0 Å². The molecule has 0 saturated heterocycles. The van der Waals surface area contributed by atoms with Gasteiger partial charge in [-0.05, 0) is 165 Å². The second-order valence-corrected chi connectivity index (χ2v) is 32.7. The van der Waals surface area contributed by atoms with Crippen LogP contribution in [0.25, 0.3) is 0 Å². The fraction of sp³-hybridized carbons (Fsp3) is 0.189. The van der Waals surface area contributed by atoms with Gasteiger partial charge in [-0.1, -0.05) is 317 Å². The molecule has 0 amide bonds. The third-order valence-electron chi connectivity index (χ3n) is 16.6. The van der Waals surface area contributed by atoms with Crippen molar-refractivity contribution in [2.45, 2.75) is 19.8 Å². The van der Waals surface area contributed by atoms with Crippen LogP contribution in [0.2, 0.25) is 0 Å². The van der Waals surface area contributed by atoms with Crippen LogP contribution in [0.3, 0.4) is 0 Å².